The second kappa shape index (κ2) is 7.27. The molecule has 0 fully saturated rings. The average Bonchev–Trinajstić information content (AvgIpc) is 2.37. The second-order valence-electron chi connectivity index (χ2n) is 4.80. The van der Waals surface area contributed by atoms with Crippen molar-refractivity contribution in [1.82, 2.24) is 0 Å². The molecular weight excluding hydrogens is 279 g/mol. The molecule has 0 aliphatic carbocycles. The van der Waals surface area contributed by atoms with Crippen molar-refractivity contribution in [2.45, 2.75) is 20.3 Å². The highest BCUT2D eigenvalue weighted by Crippen LogP contribution is 2.17. The molecule has 0 unspecified atom stereocenters. The molecule has 0 radical (unpaired) electrons. The van der Waals surface area contributed by atoms with Crippen molar-refractivity contribution in [3.8, 4) is 11.8 Å². The predicted molar refractivity (Wildman–Crippen MR) is 79.2 cm³/mol. The third kappa shape index (κ3) is 5.59. The van der Waals surface area contributed by atoms with Crippen LogP contribution in [0.2, 0.25) is 0 Å². The summed E-state index contributed by atoms with van der Waals surface area (Å²) >= 11 is 0. The maximum Gasteiger partial charge on any atom is 0.232 e. The van der Waals surface area contributed by atoms with Crippen LogP contribution >= 0.6 is 0 Å². The summed E-state index contributed by atoms with van der Waals surface area (Å²) < 4.78 is 39.6. The molecule has 6 heteroatoms. The molecule has 110 valence electrons. The molecule has 0 heterocycles. The first-order valence-corrected chi connectivity index (χ1v) is 7.98. The van der Waals surface area contributed by atoms with Crippen LogP contribution < -0.4 is 10.5 Å². The van der Waals surface area contributed by atoms with Gasteiger partial charge >= 0.3 is 0 Å². The summed E-state index contributed by atoms with van der Waals surface area (Å²) in [5.74, 6) is 4.88. The molecule has 0 bridgehead atoms. The summed E-state index contributed by atoms with van der Waals surface area (Å²) in [6, 6.07) is 4.10. The minimum absolute atomic E-state index is 0.0289. The van der Waals surface area contributed by atoms with Crippen LogP contribution in [-0.2, 0) is 10.0 Å². The smallest absolute Gasteiger partial charge is 0.232 e. The molecule has 0 saturated carbocycles. The van der Waals surface area contributed by atoms with Gasteiger partial charge in [-0.2, -0.15) is 0 Å². The molecule has 1 aromatic carbocycles. The van der Waals surface area contributed by atoms with E-state index in [1.54, 1.807) is 6.07 Å². The molecule has 1 rings (SSSR count). The number of sulfonamides is 1. The van der Waals surface area contributed by atoms with E-state index in [1.807, 2.05) is 13.8 Å². The zero-order valence-corrected chi connectivity index (χ0v) is 12.4. The fourth-order valence-corrected chi connectivity index (χ4v) is 2.82. The molecule has 0 aromatic heterocycles. The number of anilines is 1. The number of hydrogen-bond acceptors (Lipinski definition) is 3. The lowest BCUT2D eigenvalue weighted by molar-refractivity contribution is 0.576. The Kier molecular flexibility index (Phi) is 5.99. The van der Waals surface area contributed by atoms with Crippen molar-refractivity contribution in [2.75, 3.05) is 17.0 Å². The van der Waals surface area contributed by atoms with E-state index in [0.29, 0.717) is 12.0 Å². The number of nitrogens with two attached hydrogens (primary N) is 1. The molecular formula is C14H19FN2O2S. The third-order valence-electron chi connectivity index (χ3n) is 2.53. The molecule has 4 nitrogen and oxygen atoms in total. The SMILES string of the molecule is CC(C)CCS(=O)(=O)Nc1ccc(C#CCN)cc1F. The van der Waals surface area contributed by atoms with Crippen molar-refractivity contribution in [2.24, 2.45) is 11.7 Å². The van der Waals surface area contributed by atoms with Crippen LogP contribution in [0.1, 0.15) is 25.8 Å². The van der Waals surface area contributed by atoms with Gasteiger partial charge in [-0.3, -0.25) is 4.72 Å². The third-order valence-corrected chi connectivity index (χ3v) is 3.84. The van der Waals surface area contributed by atoms with Gasteiger partial charge in [-0.15, -0.1) is 0 Å². The Morgan fingerprint density at radius 1 is 1.40 bits per heavy atom. The van der Waals surface area contributed by atoms with Gasteiger partial charge in [0.25, 0.3) is 0 Å². The van der Waals surface area contributed by atoms with Crippen LogP contribution in [0, 0.1) is 23.6 Å². The molecule has 0 amide bonds. The topological polar surface area (TPSA) is 72.2 Å². The summed E-state index contributed by atoms with van der Waals surface area (Å²) in [6.07, 6.45) is 0.525. The van der Waals surface area contributed by atoms with E-state index in [4.69, 9.17) is 5.73 Å². The molecule has 20 heavy (non-hydrogen) atoms. The first kappa shape index (κ1) is 16.5. The van der Waals surface area contributed by atoms with Gasteiger partial charge in [-0.25, -0.2) is 12.8 Å². The highest BCUT2D eigenvalue weighted by atomic mass is 32.2. The summed E-state index contributed by atoms with van der Waals surface area (Å²) in [6.45, 7) is 4.05. The Morgan fingerprint density at radius 2 is 2.10 bits per heavy atom. The van der Waals surface area contributed by atoms with Crippen molar-refractivity contribution < 1.29 is 12.8 Å². The molecule has 3 N–H and O–H groups in total. The van der Waals surface area contributed by atoms with Crippen molar-refractivity contribution in [3.05, 3.63) is 29.6 Å². The standard InChI is InChI=1S/C14H19FN2O2S/c1-11(2)7-9-20(18,19)17-14-6-5-12(4-3-8-16)10-13(14)15/h5-6,10-11,17H,7-9,16H2,1-2H3. The summed E-state index contributed by atoms with van der Waals surface area (Å²) in [7, 11) is -3.53. The van der Waals surface area contributed by atoms with Gasteiger partial charge < -0.3 is 5.73 Å². The van der Waals surface area contributed by atoms with E-state index in [9.17, 15) is 12.8 Å². The molecule has 0 atom stereocenters. The van der Waals surface area contributed by atoms with Crippen molar-refractivity contribution in [1.29, 1.82) is 0 Å². The monoisotopic (exact) mass is 298 g/mol. The molecule has 0 spiro atoms. The van der Waals surface area contributed by atoms with Gasteiger partial charge in [0.2, 0.25) is 10.0 Å². The van der Waals surface area contributed by atoms with Gasteiger partial charge in [-0.1, -0.05) is 25.7 Å². The lowest BCUT2D eigenvalue weighted by atomic mass is 10.2. The molecule has 1 aromatic rings. The zero-order valence-electron chi connectivity index (χ0n) is 11.6. The van der Waals surface area contributed by atoms with Crippen LogP contribution in [0.4, 0.5) is 10.1 Å². The average molecular weight is 298 g/mol. The first-order valence-electron chi connectivity index (χ1n) is 6.33. The van der Waals surface area contributed by atoms with E-state index in [2.05, 4.69) is 16.6 Å². The zero-order chi connectivity index (χ0) is 15.2. The Bertz CT molecular complexity index is 616. The van der Waals surface area contributed by atoms with Crippen LogP contribution in [0.25, 0.3) is 0 Å². The fourth-order valence-electron chi connectivity index (χ4n) is 1.44. The minimum atomic E-state index is -3.53. The lowest BCUT2D eigenvalue weighted by Gasteiger charge is -2.10. The molecule has 0 aliphatic heterocycles. The van der Waals surface area contributed by atoms with Crippen LogP contribution in [0.3, 0.4) is 0 Å². The normalized spacial score (nSPS) is 11.1. The minimum Gasteiger partial charge on any atom is -0.320 e. The Hall–Kier alpha value is -1.58. The maximum absolute atomic E-state index is 13.8. The molecule has 0 saturated heterocycles. The Balaban J connectivity index is 2.83. The fraction of sp³-hybridized carbons (Fsp3) is 0.429. The van der Waals surface area contributed by atoms with Gasteiger partial charge in [-0.05, 0) is 30.5 Å². The Labute approximate surface area is 119 Å². The van der Waals surface area contributed by atoms with Crippen LogP contribution in [-0.4, -0.2) is 20.7 Å². The maximum atomic E-state index is 13.8. The van der Waals surface area contributed by atoms with Gasteiger partial charge in [0, 0.05) is 5.56 Å². The van der Waals surface area contributed by atoms with E-state index in [1.165, 1.54) is 12.1 Å². The number of hydrogen-bond donors (Lipinski definition) is 2. The summed E-state index contributed by atoms with van der Waals surface area (Å²) in [4.78, 5) is 0. The van der Waals surface area contributed by atoms with Gasteiger partial charge in [0.05, 0.1) is 18.0 Å². The Morgan fingerprint density at radius 3 is 2.65 bits per heavy atom. The highest BCUT2D eigenvalue weighted by Gasteiger charge is 2.14. The lowest BCUT2D eigenvalue weighted by Crippen LogP contribution is -2.18. The molecule has 0 aliphatic rings. The van der Waals surface area contributed by atoms with Crippen molar-refractivity contribution >= 4 is 15.7 Å². The van der Waals surface area contributed by atoms with Crippen molar-refractivity contribution in [3.63, 3.8) is 0 Å². The number of rotatable bonds is 5. The van der Waals surface area contributed by atoms with Gasteiger partial charge in [0.15, 0.2) is 0 Å². The summed E-state index contributed by atoms with van der Waals surface area (Å²) in [5, 5.41) is 0. The number of nitrogens with one attached hydrogen (secondary N) is 1. The first-order chi connectivity index (χ1) is 9.34. The predicted octanol–water partition coefficient (Wildman–Crippen LogP) is 1.92. The number of benzene rings is 1. The van der Waals surface area contributed by atoms with Crippen LogP contribution in [0.15, 0.2) is 18.2 Å². The largest absolute Gasteiger partial charge is 0.320 e. The van der Waals surface area contributed by atoms with Gasteiger partial charge in [0.1, 0.15) is 5.82 Å². The van der Waals surface area contributed by atoms with E-state index >= 15 is 0 Å². The second-order valence-corrected chi connectivity index (χ2v) is 6.65. The highest BCUT2D eigenvalue weighted by molar-refractivity contribution is 7.92. The van der Waals surface area contributed by atoms with Crippen LogP contribution in [0.5, 0.6) is 0 Å². The number of halogens is 1. The van der Waals surface area contributed by atoms with E-state index < -0.39 is 15.8 Å². The quantitative estimate of drug-likeness (QED) is 0.816. The van der Waals surface area contributed by atoms with E-state index in [-0.39, 0.29) is 23.9 Å². The summed E-state index contributed by atoms with van der Waals surface area (Å²) in [5.41, 5.74) is 5.62. The van der Waals surface area contributed by atoms with E-state index in [0.717, 1.165) is 0 Å².